The van der Waals surface area contributed by atoms with Crippen LogP contribution in [0.5, 0.6) is 0 Å². The molecule has 1 atom stereocenters. The van der Waals surface area contributed by atoms with Gasteiger partial charge in [-0.15, -0.1) is 0 Å². The first-order valence-corrected chi connectivity index (χ1v) is 9.75. The second kappa shape index (κ2) is 16.4. The summed E-state index contributed by atoms with van der Waals surface area (Å²) in [6, 6.07) is 0.735. The number of thioether (sulfide) groups is 1. The predicted octanol–water partition coefficient (Wildman–Crippen LogP) is 5.64. The smallest absolute Gasteiger partial charge is 0.0155 e. The molecule has 0 heterocycles. The van der Waals surface area contributed by atoms with Crippen LogP contribution in [0, 0.1) is 0 Å². The summed E-state index contributed by atoms with van der Waals surface area (Å²) in [6.45, 7) is 4.54. The van der Waals surface area contributed by atoms with E-state index in [0.29, 0.717) is 0 Å². The van der Waals surface area contributed by atoms with E-state index in [0.717, 1.165) is 6.04 Å². The Morgan fingerprint density at radius 3 is 1.79 bits per heavy atom. The molecule has 0 bridgehead atoms. The van der Waals surface area contributed by atoms with Gasteiger partial charge in [0, 0.05) is 11.8 Å². The van der Waals surface area contributed by atoms with Gasteiger partial charge in [0.2, 0.25) is 0 Å². The molecule has 0 spiro atoms. The van der Waals surface area contributed by atoms with Gasteiger partial charge >= 0.3 is 0 Å². The van der Waals surface area contributed by atoms with Gasteiger partial charge in [0.05, 0.1) is 0 Å². The van der Waals surface area contributed by atoms with E-state index in [1.165, 1.54) is 82.1 Å². The molecule has 2 heteroatoms. The Kier molecular flexibility index (Phi) is 16.6. The average Bonchev–Trinajstić information content (AvgIpc) is 2.44. The van der Waals surface area contributed by atoms with E-state index in [9.17, 15) is 0 Å². The maximum absolute atomic E-state index is 3.45. The van der Waals surface area contributed by atoms with Crippen LogP contribution in [0.2, 0.25) is 0 Å². The molecule has 0 rings (SSSR count). The van der Waals surface area contributed by atoms with Gasteiger partial charge in [0.25, 0.3) is 0 Å². The van der Waals surface area contributed by atoms with Crippen LogP contribution in [0.1, 0.15) is 84.5 Å². The maximum Gasteiger partial charge on any atom is 0.0155 e. The maximum atomic E-state index is 3.45. The van der Waals surface area contributed by atoms with Crippen molar-refractivity contribution in [3.8, 4) is 0 Å². The fourth-order valence-electron chi connectivity index (χ4n) is 2.45. The Balaban J connectivity index is 3.16. The molecule has 0 saturated carbocycles. The first-order chi connectivity index (χ1) is 9.35. The first kappa shape index (κ1) is 19.3. The fourth-order valence-corrected chi connectivity index (χ4v) is 3.30. The molecule has 0 aliphatic heterocycles. The largest absolute Gasteiger partial charge is 0.316 e. The summed E-state index contributed by atoms with van der Waals surface area (Å²) < 4.78 is 0. The second-order valence-electron chi connectivity index (χ2n) is 5.62. The third-order valence-electron chi connectivity index (χ3n) is 3.84. The van der Waals surface area contributed by atoms with Gasteiger partial charge in [-0.1, -0.05) is 78.1 Å². The number of rotatable bonds is 15. The highest BCUT2D eigenvalue weighted by Crippen LogP contribution is 2.13. The van der Waals surface area contributed by atoms with Gasteiger partial charge in [0.1, 0.15) is 0 Å². The van der Waals surface area contributed by atoms with Gasteiger partial charge in [0.15, 0.2) is 0 Å². The minimum Gasteiger partial charge on any atom is -0.316 e. The van der Waals surface area contributed by atoms with Gasteiger partial charge in [-0.3, -0.25) is 0 Å². The topological polar surface area (TPSA) is 12.0 Å². The zero-order chi connectivity index (χ0) is 14.2. The Labute approximate surface area is 126 Å². The molecule has 0 amide bonds. The molecule has 0 aliphatic rings. The van der Waals surface area contributed by atoms with Crippen molar-refractivity contribution in [2.45, 2.75) is 90.5 Å². The monoisotopic (exact) mass is 287 g/mol. The first-order valence-electron chi connectivity index (χ1n) is 8.60. The van der Waals surface area contributed by atoms with Crippen molar-refractivity contribution in [3.63, 3.8) is 0 Å². The number of unbranched alkanes of at least 4 members (excludes halogenated alkanes) is 9. The van der Waals surface area contributed by atoms with Gasteiger partial charge in [-0.05, 0) is 19.2 Å². The summed E-state index contributed by atoms with van der Waals surface area (Å²) in [5.41, 5.74) is 0. The summed E-state index contributed by atoms with van der Waals surface area (Å²) in [7, 11) is 2.11. The van der Waals surface area contributed by atoms with Crippen LogP contribution < -0.4 is 5.32 Å². The van der Waals surface area contributed by atoms with Crippen molar-refractivity contribution in [2.75, 3.05) is 18.6 Å². The van der Waals surface area contributed by atoms with Crippen molar-refractivity contribution in [1.29, 1.82) is 0 Å². The van der Waals surface area contributed by atoms with E-state index in [4.69, 9.17) is 0 Å². The zero-order valence-corrected chi connectivity index (χ0v) is 14.5. The summed E-state index contributed by atoms with van der Waals surface area (Å²) >= 11 is 2.06. The second-order valence-corrected chi connectivity index (χ2v) is 6.93. The molecule has 0 saturated heterocycles. The van der Waals surface area contributed by atoms with Gasteiger partial charge < -0.3 is 5.32 Å². The van der Waals surface area contributed by atoms with E-state index in [2.05, 4.69) is 38.0 Å². The SMILES string of the molecule is CCCCCCCCCCCCC(CSCC)NC. The van der Waals surface area contributed by atoms with Crippen LogP contribution in [-0.2, 0) is 0 Å². The Bertz CT molecular complexity index is 161. The van der Waals surface area contributed by atoms with E-state index in [-0.39, 0.29) is 0 Å². The van der Waals surface area contributed by atoms with Crippen LogP contribution in [-0.4, -0.2) is 24.6 Å². The van der Waals surface area contributed by atoms with E-state index < -0.39 is 0 Å². The molecule has 0 aromatic rings. The summed E-state index contributed by atoms with van der Waals surface area (Å²) in [6.07, 6.45) is 15.8. The zero-order valence-electron chi connectivity index (χ0n) is 13.7. The van der Waals surface area contributed by atoms with E-state index in [1.807, 2.05) is 0 Å². The molecular weight excluding hydrogens is 250 g/mol. The lowest BCUT2D eigenvalue weighted by atomic mass is 10.0. The van der Waals surface area contributed by atoms with Crippen molar-refractivity contribution >= 4 is 11.8 Å². The van der Waals surface area contributed by atoms with Crippen LogP contribution in [0.3, 0.4) is 0 Å². The van der Waals surface area contributed by atoms with Crippen LogP contribution in [0.25, 0.3) is 0 Å². The lowest BCUT2D eigenvalue weighted by Crippen LogP contribution is -2.27. The van der Waals surface area contributed by atoms with E-state index in [1.54, 1.807) is 0 Å². The highest BCUT2D eigenvalue weighted by molar-refractivity contribution is 7.99. The molecule has 0 aliphatic carbocycles. The third-order valence-corrected chi connectivity index (χ3v) is 4.88. The van der Waals surface area contributed by atoms with E-state index >= 15 is 0 Å². The molecule has 0 aromatic heterocycles. The van der Waals surface area contributed by atoms with Crippen molar-refractivity contribution < 1.29 is 0 Å². The van der Waals surface area contributed by atoms with Crippen LogP contribution in [0.15, 0.2) is 0 Å². The number of hydrogen-bond donors (Lipinski definition) is 1. The fraction of sp³-hybridized carbons (Fsp3) is 1.00. The van der Waals surface area contributed by atoms with Crippen molar-refractivity contribution in [3.05, 3.63) is 0 Å². The molecule has 0 radical (unpaired) electrons. The van der Waals surface area contributed by atoms with Crippen LogP contribution >= 0.6 is 11.8 Å². The standard InChI is InChI=1S/C17H37NS/c1-4-6-7-8-9-10-11-12-13-14-15-17(18-3)16-19-5-2/h17-18H,4-16H2,1-3H3. The minimum absolute atomic E-state index is 0.735. The summed E-state index contributed by atoms with van der Waals surface area (Å²) in [4.78, 5) is 0. The Morgan fingerprint density at radius 2 is 1.32 bits per heavy atom. The number of hydrogen-bond acceptors (Lipinski definition) is 2. The van der Waals surface area contributed by atoms with Gasteiger partial charge in [-0.2, -0.15) is 11.8 Å². The number of nitrogens with one attached hydrogen (secondary N) is 1. The molecule has 1 nitrogen and oxygen atoms in total. The summed E-state index contributed by atoms with van der Waals surface area (Å²) in [5, 5.41) is 3.45. The summed E-state index contributed by atoms with van der Waals surface area (Å²) in [5.74, 6) is 2.53. The molecule has 19 heavy (non-hydrogen) atoms. The molecule has 1 N–H and O–H groups in total. The van der Waals surface area contributed by atoms with Crippen molar-refractivity contribution in [2.24, 2.45) is 0 Å². The average molecular weight is 288 g/mol. The third kappa shape index (κ3) is 14.5. The van der Waals surface area contributed by atoms with Crippen LogP contribution in [0.4, 0.5) is 0 Å². The molecular formula is C17H37NS. The Hall–Kier alpha value is 0.310. The normalized spacial score (nSPS) is 12.8. The predicted molar refractivity (Wildman–Crippen MR) is 92.3 cm³/mol. The quantitative estimate of drug-likeness (QED) is 0.391. The minimum atomic E-state index is 0.735. The molecule has 116 valence electrons. The molecule has 0 aromatic carbocycles. The Morgan fingerprint density at radius 1 is 0.789 bits per heavy atom. The highest BCUT2D eigenvalue weighted by atomic mass is 32.2. The molecule has 0 fully saturated rings. The molecule has 1 unspecified atom stereocenters. The lowest BCUT2D eigenvalue weighted by Gasteiger charge is -2.15. The lowest BCUT2D eigenvalue weighted by molar-refractivity contribution is 0.506. The highest BCUT2D eigenvalue weighted by Gasteiger charge is 2.04. The van der Waals surface area contributed by atoms with Gasteiger partial charge in [-0.25, -0.2) is 0 Å². The van der Waals surface area contributed by atoms with Crippen molar-refractivity contribution in [1.82, 2.24) is 5.32 Å².